The molecule has 0 radical (unpaired) electrons. The lowest BCUT2D eigenvalue weighted by Gasteiger charge is -2.24. The Morgan fingerprint density at radius 2 is 1.79 bits per heavy atom. The Morgan fingerprint density at radius 1 is 1.10 bits per heavy atom. The number of rotatable bonds is 7. The van der Waals surface area contributed by atoms with Crippen molar-refractivity contribution >= 4 is 40.9 Å². The summed E-state index contributed by atoms with van der Waals surface area (Å²) < 4.78 is 15.9. The van der Waals surface area contributed by atoms with E-state index in [9.17, 15) is 9.59 Å². The number of anilines is 1. The van der Waals surface area contributed by atoms with Crippen LogP contribution in [0.1, 0.15) is 12.0 Å². The van der Waals surface area contributed by atoms with Crippen molar-refractivity contribution in [2.75, 3.05) is 26.6 Å². The number of nitrogens with one attached hydrogen (secondary N) is 2. The van der Waals surface area contributed by atoms with Crippen molar-refractivity contribution in [1.82, 2.24) is 5.32 Å². The average molecular weight is 437 g/mol. The highest BCUT2D eigenvalue weighted by molar-refractivity contribution is 8.01. The van der Waals surface area contributed by atoms with Crippen LogP contribution >= 0.6 is 23.4 Å². The third-order valence-corrected chi connectivity index (χ3v) is 5.90. The summed E-state index contributed by atoms with van der Waals surface area (Å²) in [5.74, 6) is 1.18. The first kappa shape index (κ1) is 21.1. The van der Waals surface area contributed by atoms with Crippen LogP contribution in [0.15, 0.2) is 35.2 Å². The number of ether oxygens (including phenoxy) is 3. The van der Waals surface area contributed by atoms with Crippen molar-refractivity contribution in [3.63, 3.8) is 0 Å². The van der Waals surface area contributed by atoms with Gasteiger partial charge in [-0.25, -0.2) is 0 Å². The molecule has 0 spiro atoms. The van der Waals surface area contributed by atoms with Gasteiger partial charge in [-0.05, 0) is 24.3 Å². The molecule has 0 fully saturated rings. The third-order valence-electron chi connectivity index (χ3n) is 4.39. The van der Waals surface area contributed by atoms with Crippen molar-refractivity contribution < 1.29 is 23.8 Å². The summed E-state index contributed by atoms with van der Waals surface area (Å²) in [4.78, 5) is 25.7. The van der Waals surface area contributed by atoms with E-state index in [0.29, 0.717) is 28.0 Å². The molecule has 2 amide bonds. The molecule has 2 aromatic rings. The number of hydrogen-bond donors (Lipinski definition) is 2. The zero-order valence-electron chi connectivity index (χ0n) is 16.2. The monoisotopic (exact) mass is 436 g/mol. The second-order valence-electron chi connectivity index (χ2n) is 6.24. The molecule has 1 atom stereocenters. The van der Waals surface area contributed by atoms with E-state index in [1.54, 1.807) is 31.4 Å². The Kier molecular flexibility index (Phi) is 6.76. The van der Waals surface area contributed by atoms with Crippen LogP contribution in [0.3, 0.4) is 0 Å². The van der Waals surface area contributed by atoms with Gasteiger partial charge in [-0.3, -0.25) is 9.59 Å². The zero-order chi connectivity index (χ0) is 21.0. The number of halogens is 1. The van der Waals surface area contributed by atoms with Crippen LogP contribution in [0.5, 0.6) is 17.2 Å². The van der Waals surface area contributed by atoms with Crippen LogP contribution in [-0.4, -0.2) is 38.4 Å². The van der Waals surface area contributed by atoms with Crippen LogP contribution in [0, 0.1) is 0 Å². The van der Waals surface area contributed by atoms with Crippen molar-refractivity contribution in [2.45, 2.75) is 23.1 Å². The number of methoxy groups -OCH3 is 3. The number of fused-ring (bicyclic) bond motifs is 1. The smallest absolute Gasteiger partial charge is 0.238 e. The van der Waals surface area contributed by atoms with Gasteiger partial charge < -0.3 is 24.8 Å². The predicted molar refractivity (Wildman–Crippen MR) is 112 cm³/mol. The zero-order valence-corrected chi connectivity index (χ0v) is 17.8. The van der Waals surface area contributed by atoms with Crippen LogP contribution in [0.4, 0.5) is 5.69 Å². The number of benzene rings is 2. The molecule has 0 saturated heterocycles. The molecule has 154 valence electrons. The van der Waals surface area contributed by atoms with Gasteiger partial charge in [0.2, 0.25) is 11.8 Å². The fraction of sp³-hybridized carbons (Fsp3) is 0.300. The molecule has 1 heterocycles. The van der Waals surface area contributed by atoms with Gasteiger partial charge in [0.1, 0.15) is 5.75 Å². The fourth-order valence-electron chi connectivity index (χ4n) is 2.92. The van der Waals surface area contributed by atoms with Crippen LogP contribution in [0.2, 0.25) is 5.02 Å². The largest absolute Gasteiger partial charge is 0.496 e. The van der Waals surface area contributed by atoms with Gasteiger partial charge in [-0.1, -0.05) is 11.6 Å². The number of thioether (sulfide) groups is 1. The van der Waals surface area contributed by atoms with Crippen molar-refractivity contribution in [3.8, 4) is 17.2 Å². The Hall–Kier alpha value is -2.58. The quantitative estimate of drug-likeness (QED) is 0.691. The summed E-state index contributed by atoms with van der Waals surface area (Å²) in [7, 11) is 4.62. The minimum atomic E-state index is -0.518. The van der Waals surface area contributed by atoms with E-state index >= 15 is 0 Å². The summed E-state index contributed by atoms with van der Waals surface area (Å²) in [6, 6.07) is 8.74. The van der Waals surface area contributed by atoms with Crippen LogP contribution < -0.4 is 24.8 Å². The maximum absolute atomic E-state index is 12.5. The van der Waals surface area contributed by atoms with Crippen LogP contribution in [0.25, 0.3) is 0 Å². The molecule has 9 heteroatoms. The summed E-state index contributed by atoms with van der Waals surface area (Å²) in [6.07, 6.45) is 0.0498. The van der Waals surface area contributed by atoms with E-state index in [2.05, 4.69) is 10.6 Å². The van der Waals surface area contributed by atoms with Crippen LogP contribution in [-0.2, 0) is 16.1 Å². The third kappa shape index (κ3) is 4.89. The van der Waals surface area contributed by atoms with Crippen molar-refractivity contribution in [1.29, 1.82) is 0 Å². The highest BCUT2D eigenvalue weighted by Gasteiger charge is 2.29. The average Bonchev–Trinajstić information content (AvgIpc) is 2.72. The van der Waals surface area contributed by atoms with Gasteiger partial charge in [0.25, 0.3) is 0 Å². The van der Waals surface area contributed by atoms with E-state index in [0.717, 1.165) is 10.5 Å². The lowest BCUT2D eigenvalue weighted by atomic mass is 10.1. The maximum atomic E-state index is 12.5. The number of carbonyl (C=O) groups excluding carboxylic acids is 2. The van der Waals surface area contributed by atoms with E-state index in [1.165, 1.54) is 26.0 Å². The lowest BCUT2D eigenvalue weighted by molar-refractivity contribution is -0.124. The first-order chi connectivity index (χ1) is 13.9. The molecule has 1 aliphatic rings. The maximum Gasteiger partial charge on any atom is 0.238 e. The van der Waals surface area contributed by atoms with E-state index in [-0.39, 0.29) is 24.8 Å². The Balaban J connectivity index is 1.64. The molecule has 0 bridgehead atoms. The highest BCUT2D eigenvalue weighted by Crippen LogP contribution is 2.38. The number of carbonyl (C=O) groups is 2. The van der Waals surface area contributed by atoms with Crippen molar-refractivity contribution in [2.24, 2.45) is 0 Å². The second kappa shape index (κ2) is 9.28. The molecule has 29 heavy (non-hydrogen) atoms. The molecule has 1 aliphatic heterocycles. The van der Waals surface area contributed by atoms with Gasteiger partial charge in [0.05, 0.1) is 32.3 Å². The lowest BCUT2D eigenvalue weighted by Crippen LogP contribution is -2.34. The van der Waals surface area contributed by atoms with Gasteiger partial charge in [0.15, 0.2) is 11.5 Å². The fourth-order valence-corrected chi connectivity index (χ4v) is 4.18. The molecule has 1 unspecified atom stereocenters. The second-order valence-corrected chi connectivity index (χ2v) is 7.92. The molecule has 0 saturated carbocycles. The Morgan fingerprint density at radius 3 is 2.48 bits per heavy atom. The molecular weight excluding hydrogens is 416 g/mol. The van der Waals surface area contributed by atoms with E-state index in [1.807, 2.05) is 6.07 Å². The number of hydrogen-bond acceptors (Lipinski definition) is 6. The van der Waals surface area contributed by atoms with Gasteiger partial charge in [0, 0.05) is 34.5 Å². The van der Waals surface area contributed by atoms with Gasteiger partial charge in [-0.15, -0.1) is 11.8 Å². The van der Waals surface area contributed by atoms with E-state index < -0.39 is 5.25 Å². The normalized spacial score (nSPS) is 15.2. The molecule has 7 nitrogen and oxygen atoms in total. The standard InChI is InChI=1S/C20H21ClN2O5S/c1-26-14-8-16(28-3)15(27-2)6-11(14)10-22-19(24)9-18-20(25)23-13-7-12(21)4-5-17(13)29-18/h4-8,18H,9-10H2,1-3H3,(H,22,24)(H,23,25). The molecular formula is C20H21ClN2O5S. The summed E-state index contributed by atoms with van der Waals surface area (Å²) in [5.41, 5.74) is 1.40. The predicted octanol–water partition coefficient (Wildman–Crippen LogP) is 3.49. The summed E-state index contributed by atoms with van der Waals surface area (Å²) >= 11 is 7.31. The molecule has 0 aliphatic carbocycles. The summed E-state index contributed by atoms with van der Waals surface area (Å²) in [5, 5.41) is 5.66. The first-order valence-electron chi connectivity index (χ1n) is 8.77. The Bertz CT molecular complexity index is 937. The minimum Gasteiger partial charge on any atom is -0.496 e. The molecule has 2 N–H and O–H groups in total. The molecule has 3 rings (SSSR count). The minimum absolute atomic E-state index is 0.0498. The summed E-state index contributed by atoms with van der Waals surface area (Å²) in [6.45, 7) is 0.230. The topological polar surface area (TPSA) is 85.9 Å². The molecule has 0 aromatic heterocycles. The van der Waals surface area contributed by atoms with Crippen molar-refractivity contribution in [3.05, 3.63) is 40.9 Å². The first-order valence-corrected chi connectivity index (χ1v) is 10.0. The van der Waals surface area contributed by atoms with Gasteiger partial charge in [-0.2, -0.15) is 0 Å². The Labute approximate surface area is 178 Å². The highest BCUT2D eigenvalue weighted by atomic mass is 35.5. The van der Waals surface area contributed by atoms with E-state index in [4.69, 9.17) is 25.8 Å². The van der Waals surface area contributed by atoms with Gasteiger partial charge >= 0.3 is 0 Å². The number of amides is 2. The SMILES string of the molecule is COc1cc(OC)c(OC)cc1CNC(=O)CC1Sc2ccc(Cl)cc2NC1=O. The molecule has 2 aromatic carbocycles.